The minimum absolute atomic E-state index is 0.221. The maximum atomic E-state index is 12.9. The number of rotatable bonds is 9. The molecule has 1 aliphatic rings. The zero-order valence-electron chi connectivity index (χ0n) is 17.8. The van der Waals surface area contributed by atoms with E-state index in [0.717, 1.165) is 24.2 Å². The van der Waals surface area contributed by atoms with Gasteiger partial charge in [-0.1, -0.05) is 42.5 Å². The number of carbonyl (C=O) groups is 3. The Morgan fingerprint density at radius 1 is 1.03 bits per heavy atom. The first kappa shape index (κ1) is 22.8. The first-order valence-corrected chi connectivity index (χ1v) is 10.4. The molecule has 0 radical (unpaired) electrons. The third kappa shape index (κ3) is 6.57. The van der Waals surface area contributed by atoms with Gasteiger partial charge in [0.2, 0.25) is 5.91 Å². The fraction of sp³-hybridized carbons (Fsp3) is 0.240. The number of aliphatic carboxylic acids is 1. The zero-order valence-corrected chi connectivity index (χ0v) is 17.8. The number of carboxylic acid groups (broad SMARTS) is 1. The molecule has 2 aromatic rings. The summed E-state index contributed by atoms with van der Waals surface area (Å²) in [4.78, 5) is 36.8. The zero-order chi connectivity index (χ0) is 22.9. The van der Waals surface area contributed by atoms with Crippen molar-refractivity contribution in [2.24, 2.45) is 0 Å². The number of amides is 2. The predicted octanol–water partition coefficient (Wildman–Crippen LogP) is 3.23. The Morgan fingerprint density at radius 2 is 1.81 bits per heavy atom. The molecule has 2 atom stereocenters. The first-order valence-electron chi connectivity index (χ1n) is 10.4. The molecule has 0 aromatic heterocycles. The predicted molar refractivity (Wildman–Crippen MR) is 120 cm³/mol. The normalized spacial score (nSPS) is 14.6. The molecule has 0 aliphatic heterocycles. The molecule has 0 heterocycles. The molecule has 0 saturated carbocycles. The molecule has 166 valence electrons. The van der Waals surface area contributed by atoms with Crippen molar-refractivity contribution in [3.63, 3.8) is 0 Å². The first-order chi connectivity index (χ1) is 15.4. The van der Waals surface area contributed by atoms with Gasteiger partial charge in [-0.25, -0.2) is 0 Å². The lowest BCUT2D eigenvalue weighted by Gasteiger charge is -2.20. The largest absolute Gasteiger partial charge is 0.480 e. The van der Waals surface area contributed by atoms with E-state index >= 15 is 0 Å². The van der Waals surface area contributed by atoms with Gasteiger partial charge in [0.15, 0.2) is 0 Å². The van der Waals surface area contributed by atoms with Crippen molar-refractivity contribution >= 4 is 17.8 Å². The molecule has 0 spiro atoms. The van der Waals surface area contributed by atoms with Crippen LogP contribution in [0.4, 0.5) is 0 Å². The Hall–Kier alpha value is -3.87. The van der Waals surface area contributed by atoms with Crippen LogP contribution in [0, 0.1) is 0 Å². The lowest BCUT2D eigenvalue weighted by atomic mass is 10.0. The smallest absolute Gasteiger partial charge is 0.325 e. The lowest BCUT2D eigenvalue weighted by molar-refractivity contribution is -0.141. The van der Waals surface area contributed by atoms with E-state index in [1.807, 2.05) is 48.6 Å². The number of allylic oxidation sites excluding steroid dienone is 3. The maximum Gasteiger partial charge on any atom is 0.325 e. The van der Waals surface area contributed by atoms with Crippen molar-refractivity contribution in [3.05, 3.63) is 89.7 Å². The van der Waals surface area contributed by atoms with E-state index in [1.165, 1.54) is 6.92 Å². The fourth-order valence-electron chi connectivity index (χ4n) is 3.18. The molecule has 2 aromatic carbocycles. The van der Waals surface area contributed by atoms with E-state index in [9.17, 15) is 14.4 Å². The molecular formula is C25H26N2O5. The molecule has 1 aliphatic carbocycles. The van der Waals surface area contributed by atoms with Gasteiger partial charge in [0, 0.05) is 12.0 Å². The Bertz CT molecular complexity index is 1030. The second-order valence-corrected chi connectivity index (χ2v) is 7.50. The van der Waals surface area contributed by atoms with Gasteiger partial charge in [0.1, 0.15) is 23.6 Å². The number of hydrogen-bond acceptors (Lipinski definition) is 4. The van der Waals surface area contributed by atoms with Gasteiger partial charge in [-0.2, -0.15) is 0 Å². The molecule has 3 rings (SSSR count). The third-order valence-corrected chi connectivity index (χ3v) is 4.93. The highest BCUT2D eigenvalue weighted by molar-refractivity contribution is 5.98. The van der Waals surface area contributed by atoms with Crippen LogP contribution in [0.2, 0.25) is 0 Å². The van der Waals surface area contributed by atoms with Crippen molar-refractivity contribution in [1.29, 1.82) is 0 Å². The van der Waals surface area contributed by atoms with Crippen LogP contribution >= 0.6 is 0 Å². The Morgan fingerprint density at radius 3 is 2.50 bits per heavy atom. The summed E-state index contributed by atoms with van der Waals surface area (Å²) in [6.07, 6.45) is 7.99. The molecule has 32 heavy (non-hydrogen) atoms. The summed E-state index contributed by atoms with van der Waals surface area (Å²) < 4.78 is 5.82. The summed E-state index contributed by atoms with van der Waals surface area (Å²) in [5.41, 5.74) is 1.17. The summed E-state index contributed by atoms with van der Waals surface area (Å²) in [6.45, 7) is 1.37. The Labute approximate surface area is 186 Å². The van der Waals surface area contributed by atoms with Gasteiger partial charge < -0.3 is 20.5 Å². The van der Waals surface area contributed by atoms with E-state index in [2.05, 4.69) is 10.6 Å². The minimum atomic E-state index is -1.15. The number of benzene rings is 2. The highest BCUT2D eigenvalue weighted by atomic mass is 16.5. The molecule has 2 amide bonds. The number of ether oxygens (including phenoxy) is 1. The second kappa shape index (κ2) is 10.9. The number of carbonyl (C=O) groups excluding carboxylic acids is 2. The molecule has 3 N–H and O–H groups in total. The summed E-state index contributed by atoms with van der Waals surface area (Å²) in [7, 11) is 0. The maximum absolute atomic E-state index is 12.9. The van der Waals surface area contributed by atoms with Crippen LogP contribution in [0.25, 0.3) is 0 Å². The van der Waals surface area contributed by atoms with Crippen molar-refractivity contribution < 1.29 is 24.2 Å². The van der Waals surface area contributed by atoms with Crippen LogP contribution in [0.5, 0.6) is 5.75 Å². The van der Waals surface area contributed by atoms with Gasteiger partial charge in [0.25, 0.3) is 5.91 Å². The van der Waals surface area contributed by atoms with Crippen LogP contribution < -0.4 is 15.4 Å². The quantitative estimate of drug-likeness (QED) is 0.562. The van der Waals surface area contributed by atoms with E-state index in [4.69, 9.17) is 9.84 Å². The second-order valence-electron chi connectivity index (χ2n) is 7.50. The number of hydrogen-bond donors (Lipinski definition) is 3. The molecule has 0 unspecified atom stereocenters. The van der Waals surface area contributed by atoms with E-state index in [-0.39, 0.29) is 6.42 Å². The van der Waals surface area contributed by atoms with Crippen LogP contribution in [-0.4, -0.2) is 35.0 Å². The average molecular weight is 434 g/mol. The van der Waals surface area contributed by atoms with Crippen LogP contribution in [-0.2, 0) is 16.0 Å². The SMILES string of the molecule is C[C@H](NC(=O)[C@@H](Cc1ccccc1)NC(=O)c1cccc(OC2=CCCC=C2)c1)C(=O)O. The number of nitrogens with one attached hydrogen (secondary N) is 2. The Kier molecular flexibility index (Phi) is 7.80. The standard InChI is InChI=1S/C25H26N2O5/c1-17(25(30)31)26-24(29)22(15-18-9-4-2-5-10-18)27-23(28)19-11-8-14-21(16-19)32-20-12-6-3-7-13-20/h2,4-6,8-14,16-17,22H,3,7,15H2,1H3,(H,26,29)(H,27,28)(H,30,31)/t17-,22+/m0/s1. The summed E-state index contributed by atoms with van der Waals surface area (Å²) >= 11 is 0. The van der Waals surface area contributed by atoms with Gasteiger partial charge in [0.05, 0.1) is 0 Å². The minimum Gasteiger partial charge on any atom is -0.480 e. The van der Waals surface area contributed by atoms with Crippen LogP contribution in [0.15, 0.2) is 78.6 Å². The Balaban J connectivity index is 1.74. The number of carboxylic acids is 1. The van der Waals surface area contributed by atoms with Crippen molar-refractivity contribution in [2.45, 2.75) is 38.3 Å². The summed E-state index contributed by atoms with van der Waals surface area (Å²) in [6, 6.07) is 13.9. The topological polar surface area (TPSA) is 105 Å². The average Bonchev–Trinajstić information content (AvgIpc) is 2.80. The highest BCUT2D eigenvalue weighted by Gasteiger charge is 2.25. The van der Waals surface area contributed by atoms with Crippen LogP contribution in [0.3, 0.4) is 0 Å². The van der Waals surface area contributed by atoms with Gasteiger partial charge >= 0.3 is 5.97 Å². The third-order valence-electron chi connectivity index (χ3n) is 4.93. The lowest BCUT2D eigenvalue weighted by Crippen LogP contribution is -2.51. The van der Waals surface area contributed by atoms with Crippen molar-refractivity contribution in [3.8, 4) is 5.75 Å². The molecule has 0 saturated heterocycles. The van der Waals surface area contributed by atoms with Crippen LogP contribution in [0.1, 0.15) is 35.7 Å². The van der Waals surface area contributed by atoms with Crippen molar-refractivity contribution in [1.82, 2.24) is 10.6 Å². The summed E-state index contributed by atoms with van der Waals surface area (Å²) in [5, 5.41) is 14.3. The van der Waals surface area contributed by atoms with E-state index in [0.29, 0.717) is 11.3 Å². The van der Waals surface area contributed by atoms with E-state index in [1.54, 1.807) is 24.3 Å². The fourth-order valence-corrected chi connectivity index (χ4v) is 3.18. The monoisotopic (exact) mass is 434 g/mol. The summed E-state index contributed by atoms with van der Waals surface area (Å²) in [5.74, 6) is -0.944. The molecule has 0 fully saturated rings. The molecular weight excluding hydrogens is 408 g/mol. The van der Waals surface area contributed by atoms with E-state index < -0.39 is 29.9 Å². The highest BCUT2D eigenvalue weighted by Crippen LogP contribution is 2.19. The van der Waals surface area contributed by atoms with Crippen molar-refractivity contribution in [2.75, 3.05) is 0 Å². The van der Waals surface area contributed by atoms with Gasteiger partial charge in [-0.3, -0.25) is 14.4 Å². The van der Waals surface area contributed by atoms with Gasteiger partial charge in [-0.15, -0.1) is 0 Å². The molecule has 0 bridgehead atoms. The molecule has 7 nitrogen and oxygen atoms in total. The molecule has 7 heteroatoms. The van der Waals surface area contributed by atoms with Gasteiger partial charge in [-0.05, 0) is 55.7 Å².